The summed E-state index contributed by atoms with van der Waals surface area (Å²) in [6.07, 6.45) is 1.73. The van der Waals surface area contributed by atoms with Crippen LogP contribution in [-0.4, -0.2) is 35.9 Å². The van der Waals surface area contributed by atoms with E-state index in [1.54, 1.807) is 12.3 Å². The number of benzene rings is 1. The first-order chi connectivity index (χ1) is 13.9. The van der Waals surface area contributed by atoms with Gasteiger partial charge >= 0.3 is 0 Å². The molecule has 2 aromatic rings. The number of anilines is 1. The van der Waals surface area contributed by atoms with E-state index >= 15 is 0 Å². The molecule has 2 N–H and O–H groups in total. The molecule has 0 aliphatic carbocycles. The summed E-state index contributed by atoms with van der Waals surface area (Å²) in [5.74, 6) is -0.817. The highest BCUT2D eigenvalue weighted by molar-refractivity contribution is 5.97. The van der Waals surface area contributed by atoms with Crippen molar-refractivity contribution >= 4 is 17.6 Å². The van der Waals surface area contributed by atoms with Crippen LogP contribution in [0.5, 0.6) is 0 Å². The Hall–Kier alpha value is -2.96. The van der Waals surface area contributed by atoms with Crippen molar-refractivity contribution in [3.05, 3.63) is 59.5 Å². The van der Waals surface area contributed by atoms with Crippen LogP contribution >= 0.6 is 0 Å². The maximum Gasteiger partial charge on any atom is 0.254 e. The Balaban J connectivity index is 1.99. The molecule has 0 spiro atoms. The van der Waals surface area contributed by atoms with Gasteiger partial charge in [0.25, 0.3) is 5.91 Å². The lowest BCUT2D eigenvalue weighted by Crippen LogP contribution is -2.49. The van der Waals surface area contributed by atoms with E-state index in [0.717, 1.165) is 24.5 Å². The van der Waals surface area contributed by atoms with Crippen molar-refractivity contribution in [2.45, 2.75) is 40.3 Å². The fraction of sp³-hybridized carbons (Fsp3) is 0.409. The minimum Gasteiger partial charge on any atom is -0.357 e. The summed E-state index contributed by atoms with van der Waals surface area (Å²) in [6, 6.07) is 8.77. The molecule has 1 atom stereocenters. The summed E-state index contributed by atoms with van der Waals surface area (Å²) >= 11 is 0. The molecule has 0 aliphatic heterocycles. The summed E-state index contributed by atoms with van der Waals surface area (Å²) in [5.41, 5.74) is 0.777. The number of carbonyl (C=O) groups is 2. The zero-order valence-corrected chi connectivity index (χ0v) is 17.4. The topological polar surface area (TPSA) is 74.3 Å². The monoisotopic (exact) mass is 400 g/mol. The average molecular weight is 400 g/mol. The third-order valence-electron chi connectivity index (χ3n) is 4.72. The predicted octanol–water partition coefficient (Wildman–Crippen LogP) is 3.14. The third-order valence-corrected chi connectivity index (χ3v) is 4.72. The van der Waals surface area contributed by atoms with Crippen LogP contribution in [0, 0.1) is 11.7 Å². The first-order valence-corrected chi connectivity index (χ1v) is 9.90. The molecule has 1 heterocycles. The van der Waals surface area contributed by atoms with Crippen LogP contribution < -0.4 is 15.5 Å². The fourth-order valence-electron chi connectivity index (χ4n) is 2.95. The van der Waals surface area contributed by atoms with E-state index in [-0.39, 0.29) is 17.4 Å². The van der Waals surface area contributed by atoms with E-state index in [1.807, 2.05) is 26.0 Å². The predicted molar refractivity (Wildman–Crippen MR) is 112 cm³/mol. The van der Waals surface area contributed by atoms with Crippen molar-refractivity contribution < 1.29 is 14.0 Å². The van der Waals surface area contributed by atoms with Gasteiger partial charge in [0.05, 0.1) is 5.56 Å². The van der Waals surface area contributed by atoms with Crippen LogP contribution in [0.3, 0.4) is 0 Å². The van der Waals surface area contributed by atoms with E-state index < -0.39 is 17.8 Å². The molecule has 7 heteroatoms. The maximum atomic E-state index is 13.8. The van der Waals surface area contributed by atoms with Crippen molar-refractivity contribution in [2.24, 2.45) is 5.92 Å². The number of amides is 2. The van der Waals surface area contributed by atoms with Crippen LogP contribution in [0.2, 0.25) is 0 Å². The minimum absolute atomic E-state index is 0.0814. The van der Waals surface area contributed by atoms with Crippen LogP contribution in [0.15, 0.2) is 42.6 Å². The second-order valence-electron chi connectivity index (χ2n) is 7.09. The zero-order chi connectivity index (χ0) is 21.4. The third kappa shape index (κ3) is 6.01. The number of carbonyl (C=O) groups excluding carboxylic acids is 2. The number of nitrogens with zero attached hydrogens (tertiary/aromatic N) is 2. The lowest BCUT2D eigenvalue weighted by Gasteiger charge is -2.22. The van der Waals surface area contributed by atoms with E-state index in [4.69, 9.17) is 0 Å². The highest BCUT2D eigenvalue weighted by Gasteiger charge is 2.25. The summed E-state index contributed by atoms with van der Waals surface area (Å²) in [5, 5.41) is 5.46. The van der Waals surface area contributed by atoms with Crippen molar-refractivity contribution in [1.29, 1.82) is 0 Å². The number of pyridine rings is 1. The maximum absolute atomic E-state index is 13.8. The first kappa shape index (κ1) is 22.3. The Morgan fingerprint density at radius 3 is 2.34 bits per heavy atom. The van der Waals surface area contributed by atoms with Gasteiger partial charge in [0, 0.05) is 25.8 Å². The molecule has 6 nitrogen and oxygen atoms in total. The van der Waals surface area contributed by atoms with Crippen LogP contribution in [0.1, 0.15) is 43.6 Å². The summed E-state index contributed by atoms with van der Waals surface area (Å²) in [7, 11) is 0. The molecule has 0 saturated carbocycles. The van der Waals surface area contributed by atoms with Gasteiger partial charge in [-0.25, -0.2) is 9.37 Å². The van der Waals surface area contributed by atoms with Crippen LogP contribution in [0.4, 0.5) is 10.2 Å². The number of hydrogen-bond acceptors (Lipinski definition) is 4. The van der Waals surface area contributed by atoms with Gasteiger partial charge in [0.15, 0.2) is 0 Å². The van der Waals surface area contributed by atoms with Crippen molar-refractivity contribution in [3.63, 3.8) is 0 Å². The zero-order valence-electron chi connectivity index (χ0n) is 17.4. The van der Waals surface area contributed by atoms with Gasteiger partial charge in [-0.1, -0.05) is 32.0 Å². The molecule has 0 fully saturated rings. The summed E-state index contributed by atoms with van der Waals surface area (Å²) < 4.78 is 13.8. The molecule has 0 aliphatic rings. The summed E-state index contributed by atoms with van der Waals surface area (Å²) in [6.45, 7) is 9.83. The van der Waals surface area contributed by atoms with Gasteiger partial charge in [0.2, 0.25) is 5.91 Å². The number of hydrogen-bond donors (Lipinski definition) is 2. The minimum atomic E-state index is -0.773. The number of nitrogens with one attached hydrogen (secondary N) is 2. The molecule has 1 aromatic heterocycles. The highest BCUT2D eigenvalue weighted by atomic mass is 19.1. The quantitative estimate of drug-likeness (QED) is 0.678. The number of halogens is 1. The van der Waals surface area contributed by atoms with E-state index in [2.05, 4.69) is 34.4 Å². The van der Waals surface area contributed by atoms with E-state index in [0.29, 0.717) is 6.54 Å². The Kier molecular flexibility index (Phi) is 8.12. The molecule has 1 unspecified atom stereocenters. The van der Waals surface area contributed by atoms with Crippen molar-refractivity contribution in [1.82, 2.24) is 15.6 Å². The number of aromatic nitrogens is 1. The van der Waals surface area contributed by atoms with Gasteiger partial charge in [-0.05, 0) is 43.5 Å². The second-order valence-corrected chi connectivity index (χ2v) is 7.09. The Morgan fingerprint density at radius 2 is 1.79 bits per heavy atom. The molecule has 29 heavy (non-hydrogen) atoms. The van der Waals surface area contributed by atoms with Crippen LogP contribution in [-0.2, 0) is 11.3 Å². The van der Waals surface area contributed by atoms with E-state index in [1.165, 1.54) is 18.2 Å². The van der Waals surface area contributed by atoms with Crippen LogP contribution in [0.25, 0.3) is 0 Å². The van der Waals surface area contributed by atoms with Gasteiger partial charge in [-0.3, -0.25) is 9.59 Å². The molecule has 0 bridgehead atoms. The molecular formula is C22H29FN4O2. The second kappa shape index (κ2) is 10.5. The Bertz CT molecular complexity index is 820. The Labute approximate surface area is 171 Å². The molecular weight excluding hydrogens is 371 g/mol. The number of rotatable bonds is 9. The fourth-order valence-corrected chi connectivity index (χ4v) is 2.95. The molecule has 0 saturated heterocycles. The smallest absolute Gasteiger partial charge is 0.254 e. The largest absolute Gasteiger partial charge is 0.357 e. The summed E-state index contributed by atoms with van der Waals surface area (Å²) in [4.78, 5) is 31.6. The van der Waals surface area contributed by atoms with Gasteiger partial charge in [-0.2, -0.15) is 0 Å². The van der Waals surface area contributed by atoms with Crippen molar-refractivity contribution in [3.8, 4) is 0 Å². The van der Waals surface area contributed by atoms with Gasteiger partial charge < -0.3 is 15.5 Å². The molecule has 2 amide bonds. The standard InChI is InChI=1S/C22H29FN4O2/c1-5-27(6-2)19-12-11-16(13-24-19)14-25-22(29)20(15(3)4)26-21(28)17-9-7-8-10-18(17)23/h7-13,15,20H,5-6,14H2,1-4H3,(H,25,29)(H,26,28). The molecule has 0 radical (unpaired) electrons. The van der Waals surface area contributed by atoms with Gasteiger partial charge in [0.1, 0.15) is 17.7 Å². The Morgan fingerprint density at radius 1 is 1.10 bits per heavy atom. The highest BCUT2D eigenvalue weighted by Crippen LogP contribution is 2.12. The average Bonchev–Trinajstić information content (AvgIpc) is 2.72. The lowest BCUT2D eigenvalue weighted by molar-refractivity contribution is -0.124. The van der Waals surface area contributed by atoms with Crippen molar-refractivity contribution in [2.75, 3.05) is 18.0 Å². The molecule has 156 valence electrons. The lowest BCUT2D eigenvalue weighted by atomic mass is 10.0. The molecule has 1 aromatic carbocycles. The SMILES string of the molecule is CCN(CC)c1ccc(CNC(=O)C(NC(=O)c2ccccc2F)C(C)C)cn1. The van der Waals surface area contributed by atoms with E-state index in [9.17, 15) is 14.0 Å². The normalized spacial score (nSPS) is 11.8. The van der Waals surface area contributed by atoms with Gasteiger partial charge in [-0.15, -0.1) is 0 Å². The molecule has 2 rings (SSSR count). The first-order valence-electron chi connectivity index (χ1n) is 9.90.